The van der Waals surface area contributed by atoms with E-state index in [1.54, 1.807) is 0 Å². The quantitative estimate of drug-likeness (QED) is 0.886. The Bertz CT molecular complexity index is 557. The minimum atomic E-state index is -4.38. The first-order chi connectivity index (χ1) is 9.94. The number of aromatic nitrogens is 2. The lowest BCUT2D eigenvalue weighted by Crippen LogP contribution is -2.17. The molecule has 0 amide bonds. The Kier molecular flexibility index (Phi) is 4.92. The summed E-state index contributed by atoms with van der Waals surface area (Å²) in [7, 11) is 0. The maximum atomic E-state index is 11.9. The zero-order valence-corrected chi connectivity index (χ0v) is 11.0. The molecule has 114 valence electrons. The zero-order chi connectivity index (χ0) is 15.3. The highest BCUT2D eigenvalue weighted by Crippen LogP contribution is 2.17. The predicted octanol–water partition coefficient (Wildman–Crippen LogP) is 2.39. The number of hydrogen-bond acceptors (Lipinski definition) is 5. The summed E-state index contributed by atoms with van der Waals surface area (Å²) in [6.07, 6.45) is -3.89. The second-order valence-corrected chi connectivity index (χ2v) is 4.45. The van der Waals surface area contributed by atoms with Gasteiger partial charge in [-0.2, -0.15) is 18.2 Å². The number of alkyl halides is 3. The maximum Gasteiger partial charge on any atom is 0.411 e. The van der Waals surface area contributed by atoms with Gasteiger partial charge in [0.25, 0.3) is 0 Å². The highest BCUT2D eigenvalue weighted by atomic mass is 19.4. The van der Waals surface area contributed by atoms with E-state index in [2.05, 4.69) is 14.9 Å². The Morgan fingerprint density at radius 3 is 2.62 bits per heavy atom. The van der Waals surface area contributed by atoms with Gasteiger partial charge in [0.2, 0.25) is 5.89 Å². The molecule has 0 bridgehead atoms. The second-order valence-electron chi connectivity index (χ2n) is 4.45. The first kappa shape index (κ1) is 15.5. The van der Waals surface area contributed by atoms with Crippen LogP contribution in [0, 0.1) is 0 Å². The van der Waals surface area contributed by atoms with E-state index in [4.69, 9.17) is 10.3 Å². The zero-order valence-electron chi connectivity index (χ0n) is 11.0. The molecule has 0 unspecified atom stereocenters. The predicted molar refractivity (Wildman–Crippen MR) is 67.1 cm³/mol. The van der Waals surface area contributed by atoms with Crippen molar-refractivity contribution in [3.05, 3.63) is 47.6 Å². The third kappa shape index (κ3) is 5.16. The van der Waals surface area contributed by atoms with Gasteiger partial charge in [-0.15, -0.1) is 0 Å². The van der Waals surface area contributed by atoms with E-state index < -0.39 is 18.8 Å². The molecule has 2 aromatic rings. The van der Waals surface area contributed by atoms with E-state index in [0.29, 0.717) is 6.42 Å². The maximum absolute atomic E-state index is 11.9. The highest BCUT2D eigenvalue weighted by Gasteiger charge is 2.27. The first-order valence-electron chi connectivity index (χ1n) is 6.20. The molecular weight excluding hydrogens is 287 g/mol. The van der Waals surface area contributed by atoms with E-state index >= 15 is 0 Å². The molecule has 0 saturated heterocycles. The van der Waals surface area contributed by atoms with E-state index in [1.165, 1.54) is 0 Å². The summed E-state index contributed by atoms with van der Waals surface area (Å²) < 4.78 is 45.2. The average molecular weight is 301 g/mol. The van der Waals surface area contributed by atoms with Crippen LogP contribution in [0.2, 0.25) is 0 Å². The topological polar surface area (TPSA) is 74.2 Å². The number of nitrogens with zero attached hydrogens (tertiary/aromatic N) is 2. The summed E-state index contributed by atoms with van der Waals surface area (Å²) in [5.74, 6) is 0.210. The Morgan fingerprint density at radius 1 is 1.24 bits per heavy atom. The molecule has 21 heavy (non-hydrogen) atoms. The fourth-order valence-corrected chi connectivity index (χ4v) is 1.69. The fourth-order valence-electron chi connectivity index (χ4n) is 1.69. The normalized spacial score (nSPS) is 13.3. The highest BCUT2D eigenvalue weighted by molar-refractivity contribution is 5.16. The number of ether oxygens (including phenoxy) is 1. The minimum Gasteiger partial charge on any atom is -0.364 e. The van der Waals surface area contributed by atoms with Crippen molar-refractivity contribution in [3.63, 3.8) is 0 Å². The van der Waals surface area contributed by atoms with Crippen LogP contribution in [0.3, 0.4) is 0 Å². The number of benzene rings is 1. The summed E-state index contributed by atoms with van der Waals surface area (Å²) in [5, 5.41) is 3.54. The van der Waals surface area contributed by atoms with Crippen molar-refractivity contribution in [2.45, 2.75) is 25.2 Å². The Morgan fingerprint density at radius 2 is 1.95 bits per heavy atom. The molecule has 0 fully saturated rings. The number of rotatable bonds is 6. The summed E-state index contributed by atoms with van der Waals surface area (Å²) in [6.45, 7) is -1.73. The molecule has 0 saturated carbocycles. The SMILES string of the molecule is N[C@H](Cc1ccccc1)c1nc(COCC(F)(F)F)no1. The van der Waals surface area contributed by atoms with Crippen molar-refractivity contribution in [1.82, 2.24) is 10.1 Å². The van der Waals surface area contributed by atoms with E-state index in [1.807, 2.05) is 30.3 Å². The van der Waals surface area contributed by atoms with Crippen LogP contribution in [0.15, 0.2) is 34.9 Å². The van der Waals surface area contributed by atoms with Gasteiger partial charge in [-0.3, -0.25) is 0 Å². The summed E-state index contributed by atoms with van der Waals surface area (Å²) in [5.41, 5.74) is 6.92. The van der Waals surface area contributed by atoms with Gasteiger partial charge in [0.15, 0.2) is 5.82 Å². The lowest BCUT2D eigenvalue weighted by Gasteiger charge is -2.06. The molecule has 0 spiro atoms. The van der Waals surface area contributed by atoms with Gasteiger partial charge in [-0.05, 0) is 12.0 Å². The molecule has 1 heterocycles. The van der Waals surface area contributed by atoms with E-state index in [0.717, 1.165) is 5.56 Å². The molecule has 2 N–H and O–H groups in total. The van der Waals surface area contributed by atoms with Crippen molar-refractivity contribution in [3.8, 4) is 0 Å². The van der Waals surface area contributed by atoms with Crippen LogP contribution in [-0.2, 0) is 17.8 Å². The molecule has 1 atom stereocenters. The molecule has 0 aliphatic rings. The van der Waals surface area contributed by atoms with E-state index in [-0.39, 0.29) is 18.3 Å². The monoisotopic (exact) mass is 301 g/mol. The third-order valence-corrected chi connectivity index (χ3v) is 2.60. The largest absolute Gasteiger partial charge is 0.411 e. The Hall–Kier alpha value is -1.93. The van der Waals surface area contributed by atoms with Crippen molar-refractivity contribution in [2.24, 2.45) is 5.73 Å². The van der Waals surface area contributed by atoms with Crippen molar-refractivity contribution in [1.29, 1.82) is 0 Å². The molecule has 5 nitrogen and oxygen atoms in total. The van der Waals surface area contributed by atoms with Gasteiger partial charge in [-0.25, -0.2) is 0 Å². The molecule has 0 radical (unpaired) electrons. The lowest BCUT2D eigenvalue weighted by molar-refractivity contribution is -0.177. The van der Waals surface area contributed by atoms with Crippen molar-refractivity contribution in [2.75, 3.05) is 6.61 Å². The second kappa shape index (κ2) is 6.68. The summed E-state index contributed by atoms with van der Waals surface area (Å²) in [6, 6.07) is 8.94. The van der Waals surface area contributed by atoms with Gasteiger partial charge in [-0.1, -0.05) is 35.5 Å². The molecule has 0 aliphatic carbocycles. The van der Waals surface area contributed by atoms with Gasteiger partial charge in [0.05, 0.1) is 6.04 Å². The van der Waals surface area contributed by atoms with Crippen LogP contribution in [0.25, 0.3) is 0 Å². The standard InChI is InChI=1S/C13H14F3N3O2/c14-13(15,16)8-20-7-11-18-12(21-19-11)10(17)6-9-4-2-1-3-5-9/h1-5,10H,6-8,17H2/t10-/m1/s1. The van der Waals surface area contributed by atoms with E-state index in [9.17, 15) is 13.2 Å². The average Bonchev–Trinajstić information content (AvgIpc) is 2.87. The first-order valence-corrected chi connectivity index (χ1v) is 6.20. The van der Waals surface area contributed by atoms with Crippen LogP contribution >= 0.6 is 0 Å². The van der Waals surface area contributed by atoms with Gasteiger partial charge in [0.1, 0.15) is 13.2 Å². The van der Waals surface area contributed by atoms with Crippen LogP contribution in [0.4, 0.5) is 13.2 Å². The van der Waals surface area contributed by atoms with Gasteiger partial charge >= 0.3 is 6.18 Å². The molecule has 8 heteroatoms. The number of halogens is 3. The summed E-state index contributed by atoms with van der Waals surface area (Å²) in [4.78, 5) is 3.93. The Labute approximate surface area is 118 Å². The Balaban J connectivity index is 1.87. The molecular formula is C13H14F3N3O2. The van der Waals surface area contributed by atoms with Crippen LogP contribution in [0.1, 0.15) is 23.3 Å². The lowest BCUT2D eigenvalue weighted by atomic mass is 10.1. The minimum absolute atomic E-state index is 0.0396. The third-order valence-electron chi connectivity index (χ3n) is 2.60. The molecule has 0 aliphatic heterocycles. The van der Waals surface area contributed by atoms with Crippen LogP contribution in [0.5, 0.6) is 0 Å². The molecule has 1 aromatic carbocycles. The molecule has 2 rings (SSSR count). The van der Waals surface area contributed by atoms with Gasteiger partial charge < -0.3 is 15.0 Å². The van der Waals surface area contributed by atoms with Crippen LogP contribution < -0.4 is 5.73 Å². The van der Waals surface area contributed by atoms with Gasteiger partial charge in [0, 0.05) is 0 Å². The van der Waals surface area contributed by atoms with Crippen LogP contribution in [-0.4, -0.2) is 22.9 Å². The number of nitrogens with two attached hydrogens (primary N) is 1. The fraction of sp³-hybridized carbons (Fsp3) is 0.385. The van der Waals surface area contributed by atoms with Crippen molar-refractivity contribution >= 4 is 0 Å². The smallest absolute Gasteiger partial charge is 0.364 e. The van der Waals surface area contributed by atoms with Crippen molar-refractivity contribution < 1.29 is 22.4 Å². The number of hydrogen-bond donors (Lipinski definition) is 1. The molecule has 1 aromatic heterocycles. The summed E-state index contributed by atoms with van der Waals surface area (Å²) >= 11 is 0.